The number of aryl methyl sites for hydroxylation is 1. The molecule has 1 aromatic carbocycles. The summed E-state index contributed by atoms with van der Waals surface area (Å²) in [6.45, 7) is 1.91. The summed E-state index contributed by atoms with van der Waals surface area (Å²) in [5.41, 5.74) is 0. The van der Waals surface area contributed by atoms with E-state index in [4.69, 9.17) is 14.2 Å². The molecule has 0 spiro atoms. The molecule has 2 aromatic rings. The van der Waals surface area contributed by atoms with Gasteiger partial charge in [0.2, 0.25) is 11.9 Å². The van der Waals surface area contributed by atoms with Crippen LogP contribution in [-0.2, 0) is 4.79 Å². The average molecular weight is 293 g/mol. The van der Waals surface area contributed by atoms with Crippen molar-refractivity contribution in [2.45, 2.75) is 6.92 Å². The van der Waals surface area contributed by atoms with Crippen molar-refractivity contribution < 1.29 is 19.0 Å². The van der Waals surface area contributed by atoms with Crippen LogP contribution in [0.3, 0.4) is 0 Å². The van der Waals surface area contributed by atoms with Crippen molar-refractivity contribution in [3.05, 3.63) is 23.2 Å². The van der Waals surface area contributed by atoms with Crippen LogP contribution in [0.4, 0.5) is 5.13 Å². The van der Waals surface area contributed by atoms with Crippen LogP contribution in [0.1, 0.15) is 5.01 Å². The zero-order valence-corrected chi connectivity index (χ0v) is 11.4. The van der Waals surface area contributed by atoms with Gasteiger partial charge in [-0.25, -0.2) is 0 Å². The largest absolute Gasteiger partial charge is 0.484 e. The highest BCUT2D eigenvalue weighted by Crippen LogP contribution is 2.35. The Hall–Kier alpha value is -2.35. The summed E-state index contributed by atoms with van der Waals surface area (Å²) in [4.78, 5) is 11.7. The van der Waals surface area contributed by atoms with E-state index in [0.717, 1.165) is 5.01 Å². The lowest BCUT2D eigenvalue weighted by Gasteiger charge is -2.06. The van der Waals surface area contributed by atoms with Crippen molar-refractivity contribution in [1.82, 2.24) is 10.2 Å². The Morgan fingerprint density at radius 3 is 3.05 bits per heavy atom. The Balaban J connectivity index is 1.55. The first-order valence-electron chi connectivity index (χ1n) is 5.83. The second-order valence-corrected chi connectivity index (χ2v) is 5.16. The number of nitrogens with one attached hydrogen (secondary N) is 1. The van der Waals surface area contributed by atoms with E-state index in [1.165, 1.54) is 11.3 Å². The Morgan fingerprint density at radius 1 is 1.40 bits per heavy atom. The van der Waals surface area contributed by atoms with Crippen LogP contribution in [0.5, 0.6) is 17.2 Å². The third kappa shape index (κ3) is 2.80. The minimum Gasteiger partial charge on any atom is -0.484 e. The van der Waals surface area contributed by atoms with Gasteiger partial charge in [0.05, 0.1) is 0 Å². The van der Waals surface area contributed by atoms with Crippen molar-refractivity contribution in [3.63, 3.8) is 0 Å². The molecule has 20 heavy (non-hydrogen) atoms. The zero-order chi connectivity index (χ0) is 13.9. The number of hydrogen-bond donors (Lipinski definition) is 1. The number of rotatable bonds is 4. The number of carbonyl (C=O) groups is 1. The molecular formula is C12H11N3O4S. The van der Waals surface area contributed by atoms with Crippen LogP contribution in [0.15, 0.2) is 18.2 Å². The maximum Gasteiger partial charge on any atom is 0.264 e. The van der Waals surface area contributed by atoms with Crippen molar-refractivity contribution in [3.8, 4) is 17.2 Å². The second-order valence-electron chi connectivity index (χ2n) is 3.98. The molecule has 0 atom stereocenters. The third-order valence-electron chi connectivity index (χ3n) is 2.49. The fourth-order valence-corrected chi connectivity index (χ4v) is 2.23. The molecule has 2 heterocycles. The summed E-state index contributed by atoms with van der Waals surface area (Å²) in [7, 11) is 0. The minimum absolute atomic E-state index is 0.113. The molecule has 3 rings (SSSR count). The molecule has 1 amide bonds. The summed E-state index contributed by atoms with van der Waals surface area (Å²) in [6, 6.07) is 5.14. The molecule has 1 aromatic heterocycles. The molecule has 0 bridgehead atoms. The molecule has 0 saturated carbocycles. The maximum absolute atomic E-state index is 11.7. The number of aromatic nitrogens is 2. The first-order chi connectivity index (χ1) is 9.70. The molecule has 1 aliphatic rings. The minimum atomic E-state index is -0.293. The molecule has 0 unspecified atom stereocenters. The Bertz CT molecular complexity index is 643. The lowest BCUT2D eigenvalue weighted by atomic mass is 10.3. The molecule has 1 aliphatic heterocycles. The van der Waals surface area contributed by atoms with Crippen molar-refractivity contribution in [2.75, 3.05) is 18.7 Å². The molecule has 8 heteroatoms. The van der Waals surface area contributed by atoms with Gasteiger partial charge < -0.3 is 14.2 Å². The highest BCUT2D eigenvalue weighted by Gasteiger charge is 2.14. The predicted molar refractivity (Wildman–Crippen MR) is 71.3 cm³/mol. The molecule has 0 saturated heterocycles. The normalized spacial score (nSPS) is 12.2. The topological polar surface area (TPSA) is 82.6 Å². The van der Waals surface area contributed by atoms with E-state index in [-0.39, 0.29) is 19.3 Å². The number of fused-ring (bicyclic) bond motifs is 1. The standard InChI is InChI=1S/C12H11N3O4S/c1-7-14-15-12(20-7)13-11(16)5-17-8-2-3-9-10(4-8)19-6-18-9/h2-4H,5-6H2,1H3,(H,13,15,16). The average Bonchev–Trinajstić information content (AvgIpc) is 3.04. The second kappa shape index (κ2) is 5.33. The molecular weight excluding hydrogens is 282 g/mol. The van der Waals surface area contributed by atoms with Crippen LogP contribution in [0, 0.1) is 6.92 Å². The Kier molecular flexibility index (Phi) is 3.38. The van der Waals surface area contributed by atoms with Crippen molar-refractivity contribution in [2.24, 2.45) is 0 Å². The van der Waals surface area contributed by atoms with E-state index in [1.807, 2.05) is 6.92 Å². The highest BCUT2D eigenvalue weighted by molar-refractivity contribution is 7.15. The summed E-state index contributed by atoms with van der Waals surface area (Å²) >= 11 is 1.31. The van der Waals surface area contributed by atoms with Crippen molar-refractivity contribution in [1.29, 1.82) is 0 Å². The van der Waals surface area contributed by atoms with Crippen LogP contribution in [0.2, 0.25) is 0 Å². The molecule has 0 aliphatic carbocycles. The van der Waals surface area contributed by atoms with Gasteiger partial charge in [-0.15, -0.1) is 10.2 Å². The van der Waals surface area contributed by atoms with Gasteiger partial charge in [0.15, 0.2) is 18.1 Å². The Morgan fingerprint density at radius 2 is 2.25 bits per heavy atom. The summed E-state index contributed by atoms with van der Waals surface area (Å²) in [5.74, 6) is 1.53. The van der Waals surface area contributed by atoms with E-state index in [9.17, 15) is 4.79 Å². The van der Waals surface area contributed by atoms with Crippen LogP contribution < -0.4 is 19.5 Å². The predicted octanol–water partition coefficient (Wildman–Crippen LogP) is 1.59. The summed E-state index contributed by atoms with van der Waals surface area (Å²) in [6.07, 6.45) is 0. The molecule has 0 fully saturated rings. The van der Waals surface area contributed by atoms with E-state index >= 15 is 0 Å². The first kappa shape index (κ1) is 12.7. The fraction of sp³-hybridized carbons (Fsp3) is 0.250. The maximum atomic E-state index is 11.7. The van der Waals surface area contributed by atoms with Gasteiger partial charge in [-0.05, 0) is 19.1 Å². The lowest BCUT2D eigenvalue weighted by molar-refractivity contribution is -0.118. The van der Waals surface area contributed by atoms with E-state index in [0.29, 0.717) is 22.4 Å². The van der Waals surface area contributed by atoms with Gasteiger partial charge in [0, 0.05) is 6.07 Å². The molecule has 1 N–H and O–H groups in total. The number of ether oxygens (including phenoxy) is 3. The Labute approximate surface area is 118 Å². The van der Waals surface area contributed by atoms with Crippen LogP contribution in [0.25, 0.3) is 0 Å². The zero-order valence-electron chi connectivity index (χ0n) is 10.6. The molecule has 7 nitrogen and oxygen atoms in total. The summed E-state index contributed by atoms with van der Waals surface area (Å²) < 4.78 is 15.8. The van der Waals surface area contributed by atoms with E-state index < -0.39 is 0 Å². The van der Waals surface area contributed by atoms with Crippen LogP contribution in [-0.4, -0.2) is 29.5 Å². The van der Waals surface area contributed by atoms with Gasteiger partial charge in [0.1, 0.15) is 10.8 Å². The smallest absolute Gasteiger partial charge is 0.264 e. The number of carbonyl (C=O) groups excluding carboxylic acids is 1. The summed E-state index contributed by atoms with van der Waals surface area (Å²) in [5, 5.41) is 11.5. The van der Waals surface area contributed by atoms with E-state index in [2.05, 4.69) is 15.5 Å². The quantitative estimate of drug-likeness (QED) is 0.921. The molecule has 0 radical (unpaired) electrons. The number of nitrogens with zero attached hydrogens (tertiary/aromatic N) is 2. The molecule has 104 valence electrons. The number of hydrogen-bond acceptors (Lipinski definition) is 7. The SMILES string of the molecule is Cc1nnc(NC(=O)COc2ccc3c(c2)OCO3)s1. The van der Waals surface area contributed by atoms with Gasteiger partial charge in [0.25, 0.3) is 5.91 Å². The van der Waals surface area contributed by atoms with Gasteiger partial charge in [-0.3, -0.25) is 10.1 Å². The van der Waals surface area contributed by atoms with Gasteiger partial charge >= 0.3 is 0 Å². The highest BCUT2D eigenvalue weighted by atomic mass is 32.1. The van der Waals surface area contributed by atoms with Gasteiger partial charge in [-0.1, -0.05) is 11.3 Å². The number of anilines is 1. The third-order valence-corrected chi connectivity index (χ3v) is 3.24. The first-order valence-corrected chi connectivity index (χ1v) is 6.65. The van der Waals surface area contributed by atoms with Crippen LogP contribution >= 0.6 is 11.3 Å². The van der Waals surface area contributed by atoms with E-state index in [1.54, 1.807) is 18.2 Å². The number of amides is 1. The monoisotopic (exact) mass is 293 g/mol. The lowest BCUT2D eigenvalue weighted by Crippen LogP contribution is -2.20. The van der Waals surface area contributed by atoms with Gasteiger partial charge in [-0.2, -0.15) is 0 Å². The number of benzene rings is 1. The fourth-order valence-electron chi connectivity index (χ4n) is 1.62. The van der Waals surface area contributed by atoms with Crippen molar-refractivity contribution >= 4 is 22.4 Å².